The first-order valence-corrected chi connectivity index (χ1v) is 11.3. The summed E-state index contributed by atoms with van der Waals surface area (Å²) in [7, 11) is 3.55. The van der Waals surface area contributed by atoms with E-state index >= 15 is 0 Å². The maximum absolute atomic E-state index is 12.7. The molecule has 2 aromatic carbocycles. The van der Waals surface area contributed by atoms with E-state index in [1.54, 1.807) is 24.3 Å². The highest BCUT2D eigenvalue weighted by Crippen LogP contribution is 2.38. The van der Waals surface area contributed by atoms with Crippen LogP contribution in [0.5, 0.6) is 28.7 Å². The molecule has 0 saturated heterocycles. The topological polar surface area (TPSA) is 113 Å². The summed E-state index contributed by atoms with van der Waals surface area (Å²) >= 11 is 0. The molecule has 0 aliphatic heterocycles. The second kappa shape index (κ2) is 10.8. The molecular formula is C21H28N2O8S. The predicted molar refractivity (Wildman–Crippen MR) is 120 cm³/mol. The van der Waals surface area contributed by atoms with Crippen molar-refractivity contribution in [3.8, 4) is 28.7 Å². The Hall–Kier alpha value is -3.34. The van der Waals surface area contributed by atoms with Gasteiger partial charge >= 0.3 is 0 Å². The third-order valence-electron chi connectivity index (χ3n) is 4.56. The van der Waals surface area contributed by atoms with E-state index in [9.17, 15) is 13.2 Å². The van der Waals surface area contributed by atoms with Crippen molar-refractivity contribution >= 4 is 21.6 Å². The lowest BCUT2D eigenvalue weighted by molar-refractivity contribution is -0.119. The summed E-state index contributed by atoms with van der Waals surface area (Å²) in [5, 5.41) is 2.71. The largest absolute Gasteiger partial charge is 0.497 e. The van der Waals surface area contributed by atoms with E-state index in [-0.39, 0.29) is 18.0 Å². The number of carbonyl (C=O) groups excluding carboxylic acids is 1. The van der Waals surface area contributed by atoms with E-state index in [1.165, 1.54) is 41.6 Å². The number of benzene rings is 2. The Labute approximate surface area is 188 Å². The third kappa shape index (κ3) is 5.88. The van der Waals surface area contributed by atoms with Gasteiger partial charge in [0.05, 0.1) is 47.5 Å². The van der Waals surface area contributed by atoms with Gasteiger partial charge in [0.15, 0.2) is 11.5 Å². The van der Waals surface area contributed by atoms with Gasteiger partial charge in [-0.2, -0.15) is 0 Å². The maximum atomic E-state index is 12.7. The van der Waals surface area contributed by atoms with Gasteiger partial charge in [-0.3, -0.25) is 9.10 Å². The zero-order valence-electron chi connectivity index (χ0n) is 18.9. The summed E-state index contributed by atoms with van der Waals surface area (Å²) in [6, 6.07) is 8.09. The van der Waals surface area contributed by atoms with E-state index in [2.05, 4.69) is 5.32 Å². The molecule has 10 nitrogen and oxygen atoms in total. The Kier molecular flexibility index (Phi) is 8.41. The molecule has 0 saturated carbocycles. The third-order valence-corrected chi connectivity index (χ3v) is 5.68. The Balaban J connectivity index is 2.25. The maximum Gasteiger partial charge on any atom is 0.241 e. The normalized spacial score (nSPS) is 10.8. The number of rotatable bonds is 11. The van der Waals surface area contributed by atoms with Gasteiger partial charge in [0.1, 0.15) is 18.0 Å². The molecular weight excluding hydrogens is 440 g/mol. The zero-order chi connectivity index (χ0) is 23.9. The monoisotopic (exact) mass is 468 g/mol. The smallest absolute Gasteiger partial charge is 0.241 e. The van der Waals surface area contributed by atoms with Crippen LogP contribution in [0.2, 0.25) is 0 Å². The fourth-order valence-electron chi connectivity index (χ4n) is 3.00. The van der Waals surface area contributed by atoms with E-state index < -0.39 is 22.5 Å². The summed E-state index contributed by atoms with van der Waals surface area (Å²) in [5.41, 5.74) is 0.870. The average Bonchev–Trinajstić information content (AvgIpc) is 2.79. The van der Waals surface area contributed by atoms with Crippen molar-refractivity contribution in [2.24, 2.45) is 0 Å². The first kappa shape index (κ1) is 24.9. The number of amides is 1. The lowest BCUT2D eigenvalue weighted by atomic mass is 10.1. The van der Waals surface area contributed by atoms with Crippen LogP contribution in [0.25, 0.3) is 0 Å². The Bertz CT molecular complexity index is 1030. The molecule has 0 heterocycles. The molecule has 11 heteroatoms. The Morgan fingerprint density at radius 3 is 1.94 bits per heavy atom. The van der Waals surface area contributed by atoms with Crippen LogP contribution in [-0.4, -0.2) is 62.7 Å². The molecule has 2 rings (SSSR count). The summed E-state index contributed by atoms with van der Waals surface area (Å²) in [6.45, 7) is -0.338. The quantitative estimate of drug-likeness (QED) is 0.531. The van der Waals surface area contributed by atoms with E-state index in [0.29, 0.717) is 28.6 Å². The number of sulfonamides is 1. The van der Waals surface area contributed by atoms with Gasteiger partial charge in [0.2, 0.25) is 21.7 Å². The van der Waals surface area contributed by atoms with E-state index in [1.807, 2.05) is 0 Å². The van der Waals surface area contributed by atoms with Gasteiger partial charge in [-0.15, -0.1) is 0 Å². The Morgan fingerprint density at radius 2 is 1.47 bits per heavy atom. The van der Waals surface area contributed by atoms with Gasteiger partial charge < -0.3 is 29.0 Å². The first-order valence-electron chi connectivity index (χ1n) is 9.43. The molecule has 0 bridgehead atoms. The van der Waals surface area contributed by atoms with Crippen molar-refractivity contribution in [1.29, 1.82) is 0 Å². The second-order valence-electron chi connectivity index (χ2n) is 6.62. The van der Waals surface area contributed by atoms with E-state index in [4.69, 9.17) is 23.7 Å². The van der Waals surface area contributed by atoms with Crippen LogP contribution in [0, 0.1) is 0 Å². The summed E-state index contributed by atoms with van der Waals surface area (Å²) in [6.07, 6.45) is 1.01. The van der Waals surface area contributed by atoms with Gasteiger partial charge in [-0.05, 0) is 29.8 Å². The molecule has 1 N–H and O–H groups in total. The van der Waals surface area contributed by atoms with Crippen LogP contribution in [-0.2, 0) is 21.4 Å². The highest BCUT2D eigenvalue weighted by atomic mass is 32.2. The molecule has 32 heavy (non-hydrogen) atoms. The molecule has 176 valence electrons. The van der Waals surface area contributed by atoms with Gasteiger partial charge in [0, 0.05) is 12.6 Å². The SMILES string of the molecule is COc1ccc(OC)c(N(CC(=O)NCc2cc(OC)c(OC)c(OC)c2)S(C)(=O)=O)c1. The number of anilines is 1. The van der Waals surface area contributed by atoms with Crippen molar-refractivity contribution < 1.29 is 36.9 Å². The second-order valence-corrected chi connectivity index (χ2v) is 8.52. The molecule has 2 aromatic rings. The molecule has 0 spiro atoms. The minimum Gasteiger partial charge on any atom is -0.497 e. The molecule has 0 radical (unpaired) electrons. The number of methoxy groups -OCH3 is 5. The minimum atomic E-state index is -3.80. The standard InChI is InChI=1S/C21H28N2O8S/c1-27-15-7-8-17(28-2)16(11-15)23(32(6,25)26)13-20(24)22-12-14-9-18(29-3)21(31-5)19(10-14)30-4/h7-11H,12-13H2,1-6H3,(H,22,24). The molecule has 0 atom stereocenters. The van der Waals surface area contributed by atoms with Gasteiger partial charge in [-0.25, -0.2) is 8.42 Å². The average molecular weight is 469 g/mol. The first-order chi connectivity index (χ1) is 15.2. The Morgan fingerprint density at radius 1 is 0.875 bits per heavy atom. The lowest BCUT2D eigenvalue weighted by Crippen LogP contribution is -2.40. The van der Waals surface area contributed by atoms with Gasteiger partial charge in [0.25, 0.3) is 0 Å². The van der Waals surface area contributed by atoms with Crippen LogP contribution in [0.15, 0.2) is 30.3 Å². The summed E-state index contributed by atoms with van der Waals surface area (Å²) in [5.74, 6) is 1.50. The van der Waals surface area contributed by atoms with Crippen LogP contribution >= 0.6 is 0 Å². The summed E-state index contributed by atoms with van der Waals surface area (Å²) in [4.78, 5) is 12.7. The predicted octanol–water partition coefficient (Wildman–Crippen LogP) is 1.81. The highest BCUT2D eigenvalue weighted by molar-refractivity contribution is 7.92. The number of carbonyl (C=O) groups is 1. The van der Waals surface area contributed by atoms with Crippen molar-refractivity contribution in [1.82, 2.24) is 5.32 Å². The van der Waals surface area contributed by atoms with E-state index in [0.717, 1.165) is 10.6 Å². The zero-order valence-corrected chi connectivity index (χ0v) is 19.7. The number of hydrogen-bond acceptors (Lipinski definition) is 8. The molecule has 0 unspecified atom stereocenters. The molecule has 0 aliphatic rings. The molecule has 0 aromatic heterocycles. The van der Waals surface area contributed by atoms with Crippen molar-refractivity contribution in [3.63, 3.8) is 0 Å². The number of ether oxygens (including phenoxy) is 5. The minimum absolute atomic E-state index is 0.113. The van der Waals surface area contributed by atoms with Crippen LogP contribution in [0.1, 0.15) is 5.56 Å². The van der Waals surface area contributed by atoms with Crippen LogP contribution < -0.4 is 33.3 Å². The number of hydrogen-bond donors (Lipinski definition) is 1. The summed E-state index contributed by atoms with van der Waals surface area (Å²) < 4.78 is 52.2. The molecule has 1 amide bonds. The van der Waals surface area contributed by atoms with Crippen molar-refractivity contribution in [2.45, 2.75) is 6.54 Å². The van der Waals surface area contributed by atoms with Crippen LogP contribution in [0.3, 0.4) is 0 Å². The van der Waals surface area contributed by atoms with Gasteiger partial charge in [-0.1, -0.05) is 0 Å². The molecule has 0 fully saturated rings. The molecule has 0 aliphatic carbocycles. The fourth-order valence-corrected chi connectivity index (χ4v) is 3.85. The lowest BCUT2D eigenvalue weighted by Gasteiger charge is -2.24. The number of nitrogens with zero attached hydrogens (tertiary/aromatic N) is 1. The number of nitrogens with one attached hydrogen (secondary N) is 1. The highest BCUT2D eigenvalue weighted by Gasteiger charge is 2.25. The van der Waals surface area contributed by atoms with Crippen molar-refractivity contribution in [2.75, 3.05) is 52.7 Å². The fraction of sp³-hybridized carbons (Fsp3) is 0.381. The van der Waals surface area contributed by atoms with Crippen LogP contribution in [0.4, 0.5) is 5.69 Å². The van der Waals surface area contributed by atoms with Crippen molar-refractivity contribution in [3.05, 3.63) is 35.9 Å².